The maximum Gasteiger partial charge on any atom is 0.341 e. The van der Waals surface area contributed by atoms with Gasteiger partial charge in [-0.05, 0) is 52.4 Å². The third kappa shape index (κ3) is 4.53. The SMILES string of the molecule is O=C(O)COc1cccc(C=CNOCCC2c3ccccc3-c3ccccc32)c1. The molecule has 0 aromatic heterocycles. The van der Waals surface area contributed by atoms with Gasteiger partial charge >= 0.3 is 5.97 Å². The molecular weight excluding hydrogens is 378 g/mol. The Labute approximate surface area is 175 Å². The van der Waals surface area contributed by atoms with Gasteiger partial charge < -0.3 is 9.84 Å². The van der Waals surface area contributed by atoms with Crippen LogP contribution in [-0.4, -0.2) is 24.3 Å². The lowest BCUT2D eigenvalue weighted by Gasteiger charge is -2.13. The molecule has 1 aliphatic rings. The lowest BCUT2D eigenvalue weighted by Crippen LogP contribution is -2.10. The van der Waals surface area contributed by atoms with Crippen molar-refractivity contribution in [1.82, 2.24) is 5.48 Å². The van der Waals surface area contributed by atoms with Crippen molar-refractivity contribution in [2.45, 2.75) is 12.3 Å². The number of fused-ring (bicyclic) bond motifs is 3. The molecule has 3 aromatic carbocycles. The molecule has 0 fully saturated rings. The number of hydroxylamine groups is 1. The molecule has 0 amide bonds. The number of carbonyl (C=O) groups is 1. The number of rotatable bonds is 9. The van der Waals surface area contributed by atoms with Gasteiger partial charge in [0.15, 0.2) is 6.61 Å². The molecule has 0 saturated heterocycles. The fourth-order valence-electron chi connectivity index (χ4n) is 3.84. The first-order valence-electron chi connectivity index (χ1n) is 9.89. The zero-order valence-corrected chi connectivity index (χ0v) is 16.5. The van der Waals surface area contributed by atoms with Crippen LogP contribution in [-0.2, 0) is 9.63 Å². The van der Waals surface area contributed by atoms with Crippen LogP contribution in [0.5, 0.6) is 5.75 Å². The molecule has 0 spiro atoms. The molecule has 5 nitrogen and oxygen atoms in total. The summed E-state index contributed by atoms with van der Waals surface area (Å²) in [4.78, 5) is 16.2. The lowest BCUT2D eigenvalue weighted by molar-refractivity contribution is -0.139. The van der Waals surface area contributed by atoms with Crippen molar-refractivity contribution in [3.05, 3.63) is 95.7 Å². The van der Waals surface area contributed by atoms with Crippen molar-refractivity contribution in [3.8, 4) is 16.9 Å². The molecule has 152 valence electrons. The summed E-state index contributed by atoms with van der Waals surface area (Å²) in [5, 5.41) is 8.69. The highest BCUT2D eigenvalue weighted by Gasteiger charge is 2.27. The Morgan fingerprint density at radius 3 is 2.37 bits per heavy atom. The number of nitrogens with one attached hydrogen (secondary N) is 1. The van der Waals surface area contributed by atoms with E-state index in [1.54, 1.807) is 18.3 Å². The standard InChI is InChI=1S/C25H23NO4/c27-25(28)17-29-19-7-5-6-18(16-19)12-14-26-30-15-13-24-22-10-3-1-8-20(22)21-9-2-4-11-23(21)24/h1-12,14,16,24,26H,13,15,17H2,(H,27,28). The molecule has 1 aliphatic carbocycles. The van der Waals surface area contributed by atoms with Crippen molar-refractivity contribution in [2.24, 2.45) is 0 Å². The Hall–Kier alpha value is -3.57. The Balaban J connectivity index is 1.29. The van der Waals surface area contributed by atoms with Crippen molar-refractivity contribution in [3.63, 3.8) is 0 Å². The van der Waals surface area contributed by atoms with Crippen LogP contribution in [0.2, 0.25) is 0 Å². The zero-order valence-electron chi connectivity index (χ0n) is 16.5. The van der Waals surface area contributed by atoms with Gasteiger partial charge in [0.05, 0.1) is 6.61 Å². The summed E-state index contributed by atoms with van der Waals surface area (Å²) in [7, 11) is 0. The normalized spacial score (nSPS) is 12.5. The molecular formula is C25H23NO4. The van der Waals surface area contributed by atoms with E-state index in [2.05, 4.69) is 54.0 Å². The minimum Gasteiger partial charge on any atom is -0.482 e. The van der Waals surface area contributed by atoms with Crippen LogP contribution in [0.15, 0.2) is 79.0 Å². The number of hydrogen-bond donors (Lipinski definition) is 2. The Bertz CT molecular complexity index is 1010. The molecule has 2 N–H and O–H groups in total. The highest BCUT2D eigenvalue weighted by molar-refractivity contribution is 5.78. The molecule has 0 heterocycles. The predicted molar refractivity (Wildman–Crippen MR) is 116 cm³/mol. The van der Waals surface area contributed by atoms with Gasteiger partial charge in [-0.15, -0.1) is 0 Å². The van der Waals surface area contributed by atoms with Gasteiger partial charge in [0.2, 0.25) is 0 Å². The van der Waals surface area contributed by atoms with E-state index in [-0.39, 0.29) is 6.61 Å². The lowest BCUT2D eigenvalue weighted by atomic mass is 9.94. The summed E-state index contributed by atoms with van der Waals surface area (Å²) in [6, 6.07) is 24.3. The first-order valence-corrected chi connectivity index (χ1v) is 9.89. The molecule has 0 saturated carbocycles. The summed E-state index contributed by atoms with van der Waals surface area (Å²) in [6.07, 6.45) is 4.44. The molecule has 4 rings (SSSR count). The van der Waals surface area contributed by atoms with Crippen molar-refractivity contribution < 1.29 is 19.5 Å². The third-order valence-corrected chi connectivity index (χ3v) is 5.12. The number of benzene rings is 3. The van der Waals surface area contributed by atoms with Crippen LogP contribution in [0.3, 0.4) is 0 Å². The molecule has 0 radical (unpaired) electrons. The zero-order chi connectivity index (χ0) is 20.8. The third-order valence-electron chi connectivity index (χ3n) is 5.12. The van der Waals surface area contributed by atoms with Crippen molar-refractivity contribution in [2.75, 3.05) is 13.2 Å². The van der Waals surface area contributed by atoms with Crippen LogP contribution >= 0.6 is 0 Å². The maximum atomic E-state index is 10.6. The van der Waals surface area contributed by atoms with E-state index in [1.165, 1.54) is 22.3 Å². The van der Waals surface area contributed by atoms with Crippen LogP contribution < -0.4 is 10.2 Å². The fraction of sp³-hybridized carbons (Fsp3) is 0.160. The quantitative estimate of drug-likeness (QED) is 0.396. The van der Waals surface area contributed by atoms with E-state index < -0.39 is 5.97 Å². The van der Waals surface area contributed by atoms with Crippen LogP contribution in [0, 0.1) is 0 Å². The summed E-state index contributed by atoms with van der Waals surface area (Å²) in [5.41, 5.74) is 9.09. The van der Waals surface area contributed by atoms with E-state index in [0.29, 0.717) is 18.3 Å². The molecule has 0 aliphatic heterocycles. The van der Waals surface area contributed by atoms with E-state index in [1.807, 2.05) is 18.2 Å². The first kappa shape index (κ1) is 19.7. The van der Waals surface area contributed by atoms with Crippen LogP contribution in [0.4, 0.5) is 0 Å². The van der Waals surface area contributed by atoms with E-state index in [4.69, 9.17) is 14.7 Å². The van der Waals surface area contributed by atoms with Crippen LogP contribution in [0.25, 0.3) is 17.2 Å². The molecule has 0 bridgehead atoms. The number of hydrogen-bond acceptors (Lipinski definition) is 4. The molecule has 0 atom stereocenters. The van der Waals surface area contributed by atoms with Gasteiger partial charge in [0, 0.05) is 12.1 Å². The van der Waals surface area contributed by atoms with Gasteiger partial charge in [-0.3, -0.25) is 10.3 Å². The summed E-state index contributed by atoms with van der Waals surface area (Å²) in [6.45, 7) is 0.210. The second-order valence-electron chi connectivity index (χ2n) is 7.07. The number of carboxylic acids is 1. The Morgan fingerprint density at radius 2 is 1.67 bits per heavy atom. The van der Waals surface area contributed by atoms with E-state index >= 15 is 0 Å². The fourth-order valence-corrected chi connectivity index (χ4v) is 3.84. The minimum absolute atomic E-state index is 0.339. The van der Waals surface area contributed by atoms with E-state index in [0.717, 1.165) is 12.0 Å². The van der Waals surface area contributed by atoms with E-state index in [9.17, 15) is 4.79 Å². The number of ether oxygens (including phenoxy) is 1. The summed E-state index contributed by atoms with van der Waals surface area (Å²) in [5.74, 6) is -0.149. The summed E-state index contributed by atoms with van der Waals surface area (Å²) < 4.78 is 5.18. The Kier molecular flexibility index (Phi) is 6.11. The van der Waals surface area contributed by atoms with Crippen LogP contribution in [0.1, 0.15) is 29.0 Å². The second-order valence-corrected chi connectivity index (χ2v) is 7.07. The van der Waals surface area contributed by atoms with Crippen molar-refractivity contribution in [1.29, 1.82) is 0 Å². The van der Waals surface area contributed by atoms with Gasteiger partial charge in [-0.2, -0.15) is 0 Å². The van der Waals surface area contributed by atoms with Gasteiger partial charge in [0.25, 0.3) is 0 Å². The average molecular weight is 401 g/mol. The highest BCUT2D eigenvalue weighted by Crippen LogP contribution is 2.45. The topological polar surface area (TPSA) is 67.8 Å². The van der Waals surface area contributed by atoms with Crippen molar-refractivity contribution >= 4 is 12.0 Å². The monoisotopic (exact) mass is 401 g/mol. The maximum absolute atomic E-state index is 10.6. The largest absolute Gasteiger partial charge is 0.482 e. The van der Waals surface area contributed by atoms with Gasteiger partial charge in [0.1, 0.15) is 5.75 Å². The minimum atomic E-state index is -1.00. The first-order chi connectivity index (χ1) is 14.7. The molecule has 5 heteroatoms. The Morgan fingerprint density at radius 1 is 0.967 bits per heavy atom. The number of aliphatic carboxylic acids is 1. The smallest absolute Gasteiger partial charge is 0.341 e. The average Bonchev–Trinajstić information content (AvgIpc) is 3.09. The molecule has 3 aromatic rings. The molecule has 0 unspecified atom stereocenters. The number of carboxylic acid groups (broad SMARTS) is 1. The van der Waals surface area contributed by atoms with Gasteiger partial charge in [-0.1, -0.05) is 60.7 Å². The predicted octanol–water partition coefficient (Wildman–Crippen LogP) is 4.84. The van der Waals surface area contributed by atoms with Gasteiger partial charge in [-0.25, -0.2) is 4.79 Å². The highest BCUT2D eigenvalue weighted by atomic mass is 16.6. The second kappa shape index (κ2) is 9.29. The summed E-state index contributed by atoms with van der Waals surface area (Å²) >= 11 is 0. The molecule has 30 heavy (non-hydrogen) atoms.